The van der Waals surface area contributed by atoms with Crippen molar-refractivity contribution in [2.45, 2.75) is 6.10 Å². The van der Waals surface area contributed by atoms with E-state index in [1.807, 2.05) is 19.0 Å². The van der Waals surface area contributed by atoms with Crippen LogP contribution in [0.25, 0.3) is 0 Å². The predicted molar refractivity (Wildman–Crippen MR) is 63.6 cm³/mol. The van der Waals surface area contributed by atoms with Crippen molar-refractivity contribution < 1.29 is 5.11 Å². The van der Waals surface area contributed by atoms with Crippen molar-refractivity contribution >= 4 is 11.8 Å². The van der Waals surface area contributed by atoms with Gasteiger partial charge in [-0.05, 0) is 14.1 Å². The van der Waals surface area contributed by atoms with E-state index in [1.54, 1.807) is 11.8 Å². The second-order valence-electron chi connectivity index (χ2n) is 3.38. The van der Waals surface area contributed by atoms with Gasteiger partial charge in [-0.15, -0.1) is 18.2 Å². The van der Waals surface area contributed by atoms with Crippen molar-refractivity contribution in [3.8, 4) is 12.3 Å². The number of likely N-dealkylation sites (N-methyl/N-ethyl adjacent to an activating group) is 1. The number of hydrogen-bond acceptors (Lipinski definition) is 4. The van der Waals surface area contributed by atoms with Crippen LogP contribution < -0.4 is 5.32 Å². The summed E-state index contributed by atoms with van der Waals surface area (Å²) < 4.78 is 0. The summed E-state index contributed by atoms with van der Waals surface area (Å²) in [6.45, 7) is 2.25. The molecule has 0 bridgehead atoms. The minimum atomic E-state index is -0.289. The number of nitrogens with zero attached hydrogens (tertiary/aromatic N) is 1. The van der Waals surface area contributed by atoms with Gasteiger partial charge in [0.2, 0.25) is 0 Å². The van der Waals surface area contributed by atoms with Crippen LogP contribution in [0.15, 0.2) is 0 Å². The van der Waals surface area contributed by atoms with Gasteiger partial charge in [0.05, 0.1) is 11.9 Å². The second-order valence-corrected chi connectivity index (χ2v) is 4.48. The van der Waals surface area contributed by atoms with Gasteiger partial charge in [-0.25, -0.2) is 0 Å². The highest BCUT2D eigenvalue weighted by molar-refractivity contribution is 7.99. The van der Waals surface area contributed by atoms with Crippen molar-refractivity contribution in [2.75, 3.05) is 45.2 Å². The molecule has 0 aliphatic carbocycles. The zero-order valence-electron chi connectivity index (χ0n) is 8.99. The lowest BCUT2D eigenvalue weighted by atomic mass is 10.3. The van der Waals surface area contributed by atoms with Gasteiger partial charge in [-0.2, -0.15) is 0 Å². The molecule has 4 heteroatoms. The van der Waals surface area contributed by atoms with Crippen LogP contribution in [-0.4, -0.2) is 61.3 Å². The highest BCUT2D eigenvalue weighted by Crippen LogP contribution is 1.95. The van der Waals surface area contributed by atoms with Gasteiger partial charge in [0, 0.05) is 25.4 Å². The molecule has 14 heavy (non-hydrogen) atoms. The summed E-state index contributed by atoms with van der Waals surface area (Å²) in [5, 5.41) is 12.7. The number of terminal acetylenes is 1. The lowest BCUT2D eigenvalue weighted by Gasteiger charge is -2.16. The number of aliphatic hydroxyl groups excluding tert-OH is 1. The molecule has 3 nitrogen and oxygen atoms in total. The molecule has 0 aromatic heterocycles. The first-order valence-electron chi connectivity index (χ1n) is 4.71. The quantitative estimate of drug-likeness (QED) is 0.437. The van der Waals surface area contributed by atoms with Gasteiger partial charge in [-0.1, -0.05) is 5.92 Å². The summed E-state index contributed by atoms with van der Waals surface area (Å²) in [7, 11) is 3.90. The predicted octanol–water partition coefficient (Wildman–Crippen LogP) is -0.135. The number of hydrogen-bond donors (Lipinski definition) is 2. The fourth-order valence-electron chi connectivity index (χ4n) is 1.03. The van der Waals surface area contributed by atoms with Gasteiger partial charge in [-0.3, -0.25) is 0 Å². The maximum atomic E-state index is 9.48. The van der Waals surface area contributed by atoms with E-state index in [2.05, 4.69) is 11.2 Å². The molecule has 0 aromatic carbocycles. The maximum absolute atomic E-state index is 9.48. The molecule has 0 aliphatic rings. The first-order chi connectivity index (χ1) is 6.66. The highest BCUT2D eigenvalue weighted by atomic mass is 32.2. The third-order valence-corrected chi connectivity index (χ3v) is 2.43. The third-order valence-electron chi connectivity index (χ3n) is 1.56. The normalized spacial score (nSPS) is 12.8. The molecule has 0 rings (SSSR count). The maximum Gasteiger partial charge on any atom is 0.0791 e. The van der Waals surface area contributed by atoms with Crippen molar-refractivity contribution in [3.05, 3.63) is 0 Å². The summed E-state index contributed by atoms with van der Waals surface area (Å²) in [4.78, 5) is 1.97. The molecule has 0 amide bonds. The molecule has 0 aromatic rings. The number of aliphatic hydroxyl groups is 1. The monoisotopic (exact) mass is 216 g/mol. The molecule has 0 heterocycles. The van der Waals surface area contributed by atoms with Crippen LogP contribution in [0.2, 0.25) is 0 Å². The number of thioether (sulfide) groups is 1. The van der Waals surface area contributed by atoms with E-state index in [4.69, 9.17) is 6.42 Å². The van der Waals surface area contributed by atoms with E-state index < -0.39 is 0 Å². The Balaban J connectivity index is 3.15. The van der Waals surface area contributed by atoms with Crippen molar-refractivity contribution in [3.63, 3.8) is 0 Å². The van der Waals surface area contributed by atoms with Crippen LogP contribution in [0.1, 0.15) is 0 Å². The Morgan fingerprint density at radius 2 is 2.29 bits per heavy atom. The highest BCUT2D eigenvalue weighted by Gasteiger charge is 2.03. The lowest BCUT2D eigenvalue weighted by Crippen LogP contribution is -2.35. The molecule has 82 valence electrons. The summed E-state index contributed by atoms with van der Waals surface area (Å²) in [6.07, 6.45) is 4.82. The van der Waals surface area contributed by atoms with Crippen LogP contribution in [0, 0.1) is 12.3 Å². The second kappa shape index (κ2) is 9.35. The van der Waals surface area contributed by atoms with Crippen LogP contribution in [0.4, 0.5) is 0 Å². The van der Waals surface area contributed by atoms with Crippen LogP contribution in [-0.2, 0) is 0 Å². The first-order valence-corrected chi connectivity index (χ1v) is 5.87. The number of nitrogens with one attached hydrogen (secondary N) is 1. The van der Waals surface area contributed by atoms with Crippen molar-refractivity contribution in [1.29, 1.82) is 0 Å². The third kappa shape index (κ3) is 9.87. The lowest BCUT2D eigenvalue weighted by molar-refractivity contribution is 0.135. The van der Waals surface area contributed by atoms with E-state index in [-0.39, 0.29) is 6.10 Å². The van der Waals surface area contributed by atoms with Crippen LogP contribution in [0.5, 0.6) is 0 Å². The molecule has 0 aliphatic heterocycles. The average molecular weight is 216 g/mol. The van der Waals surface area contributed by atoms with Gasteiger partial charge in [0.25, 0.3) is 0 Å². The van der Waals surface area contributed by atoms with Crippen molar-refractivity contribution in [2.24, 2.45) is 0 Å². The van der Waals surface area contributed by atoms with Crippen molar-refractivity contribution in [1.82, 2.24) is 10.2 Å². The largest absolute Gasteiger partial charge is 0.390 e. The van der Waals surface area contributed by atoms with E-state index in [1.165, 1.54) is 0 Å². The first kappa shape index (κ1) is 13.8. The standard InChI is InChI=1S/C10H20N2OS/c1-4-6-14-7-5-11-8-10(13)9-12(2)3/h1,10-11,13H,5-9H2,2-3H3. The smallest absolute Gasteiger partial charge is 0.0791 e. The average Bonchev–Trinajstić information content (AvgIpc) is 2.10. The van der Waals surface area contributed by atoms with E-state index in [0.29, 0.717) is 13.1 Å². The minimum absolute atomic E-state index is 0.289. The Hall–Kier alpha value is -0.210. The molecule has 2 N–H and O–H groups in total. The van der Waals surface area contributed by atoms with Crippen LogP contribution in [0.3, 0.4) is 0 Å². The van der Waals surface area contributed by atoms with Gasteiger partial charge >= 0.3 is 0 Å². The molecular formula is C10H20N2OS. The Morgan fingerprint density at radius 1 is 1.57 bits per heavy atom. The molecule has 1 unspecified atom stereocenters. The van der Waals surface area contributed by atoms with E-state index >= 15 is 0 Å². The fraction of sp³-hybridized carbons (Fsp3) is 0.800. The molecule has 0 fully saturated rings. The SMILES string of the molecule is C#CCSCCNCC(O)CN(C)C. The number of rotatable bonds is 8. The Labute approximate surface area is 91.2 Å². The van der Waals surface area contributed by atoms with Gasteiger partial charge < -0.3 is 15.3 Å². The zero-order valence-corrected chi connectivity index (χ0v) is 9.81. The summed E-state index contributed by atoms with van der Waals surface area (Å²) in [6, 6.07) is 0. The van der Waals surface area contributed by atoms with Crippen LogP contribution >= 0.6 is 11.8 Å². The fourth-order valence-corrected chi connectivity index (χ4v) is 1.58. The zero-order chi connectivity index (χ0) is 10.8. The molecule has 0 saturated carbocycles. The molecular weight excluding hydrogens is 196 g/mol. The Kier molecular flexibility index (Phi) is 9.21. The molecule has 1 atom stereocenters. The molecule has 0 saturated heterocycles. The molecule has 0 spiro atoms. The van der Waals surface area contributed by atoms with E-state index in [9.17, 15) is 5.11 Å². The summed E-state index contributed by atoms with van der Waals surface area (Å²) >= 11 is 1.73. The summed E-state index contributed by atoms with van der Waals surface area (Å²) in [5.74, 6) is 4.34. The van der Waals surface area contributed by atoms with Gasteiger partial charge in [0.1, 0.15) is 0 Å². The minimum Gasteiger partial charge on any atom is -0.390 e. The summed E-state index contributed by atoms with van der Waals surface area (Å²) in [5.41, 5.74) is 0. The molecule has 0 radical (unpaired) electrons. The van der Waals surface area contributed by atoms with Gasteiger partial charge in [0.15, 0.2) is 0 Å². The topological polar surface area (TPSA) is 35.5 Å². The Morgan fingerprint density at radius 3 is 2.86 bits per heavy atom. The van der Waals surface area contributed by atoms with E-state index in [0.717, 1.165) is 18.1 Å². The Bertz CT molecular complexity index is 168.